The summed E-state index contributed by atoms with van der Waals surface area (Å²) in [4.78, 5) is 17.7. The van der Waals surface area contributed by atoms with Gasteiger partial charge in [0.1, 0.15) is 9.71 Å². The Kier molecular flexibility index (Phi) is 4.72. The molecule has 0 aromatic carbocycles. The second-order valence-electron chi connectivity index (χ2n) is 4.34. The molecule has 0 bridgehead atoms. The first-order valence-electron chi connectivity index (χ1n) is 6.31. The number of nitrogen functional groups attached to an aromatic ring is 1. The fourth-order valence-electron chi connectivity index (χ4n) is 1.76. The number of hydrogen-bond acceptors (Lipinski definition) is 5. The van der Waals surface area contributed by atoms with Gasteiger partial charge in [0.05, 0.1) is 5.69 Å². The van der Waals surface area contributed by atoms with E-state index in [4.69, 9.17) is 5.73 Å². The van der Waals surface area contributed by atoms with E-state index in [1.54, 1.807) is 0 Å². The number of hydrogen-bond donors (Lipinski definition) is 2. The average Bonchev–Trinajstić information content (AvgIpc) is 2.75. The standard InChI is InChI=1S/C13H17N3O2S2/c1-3-20(18)7-6-15-12(17)11-10(14)9-5-4-8(2)16-13(9)19-11/h4-5H,3,6-7,14H2,1-2H3,(H,15,17). The van der Waals surface area contributed by atoms with Crippen molar-refractivity contribution in [3.8, 4) is 0 Å². The molecule has 0 saturated heterocycles. The molecule has 2 rings (SSSR count). The maximum atomic E-state index is 12.1. The van der Waals surface area contributed by atoms with E-state index in [-0.39, 0.29) is 5.91 Å². The largest absolute Gasteiger partial charge is 0.397 e. The van der Waals surface area contributed by atoms with Crippen LogP contribution >= 0.6 is 11.3 Å². The van der Waals surface area contributed by atoms with E-state index in [9.17, 15) is 9.00 Å². The van der Waals surface area contributed by atoms with E-state index in [1.807, 2.05) is 26.0 Å². The highest BCUT2D eigenvalue weighted by atomic mass is 32.2. The van der Waals surface area contributed by atoms with Gasteiger partial charge in [0.25, 0.3) is 5.91 Å². The molecule has 2 aromatic heterocycles. The minimum absolute atomic E-state index is 0.226. The van der Waals surface area contributed by atoms with Crippen molar-refractivity contribution in [2.45, 2.75) is 13.8 Å². The van der Waals surface area contributed by atoms with Crippen LogP contribution in [0.5, 0.6) is 0 Å². The predicted octanol–water partition coefficient (Wildman–Crippen LogP) is 1.69. The number of fused-ring (bicyclic) bond motifs is 1. The summed E-state index contributed by atoms with van der Waals surface area (Å²) in [5, 5.41) is 3.56. The summed E-state index contributed by atoms with van der Waals surface area (Å²) in [6.07, 6.45) is 0. The van der Waals surface area contributed by atoms with Crippen molar-refractivity contribution in [1.82, 2.24) is 10.3 Å². The van der Waals surface area contributed by atoms with Crippen LogP contribution in [0, 0.1) is 6.92 Å². The normalized spacial score (nSPS) is 12.5. The highest BCUT2D eigenvalue weighted by molar-refractivity contribution is 7.84. The molecular formula is C13H17N3O2S2. The Morgan fingerprint density at radius 3 is 2.95 bits per heavy atom. The molecule has 5 nitrogen and oxygen atoms in total. The van der Waals surface area contributed by atoms with Crippen LogP contribution in [0.4, 0.5) is 5.69 Å². The summed E-state index contributed by atoms with van der Waals surface area (Å²) in [5.41, 5.74) is 7.35. The molecule has 2 heterocycles. The zero-order valence-corrected chi connectivity index (χ0v) is 13.1. The van der Waals surface area contributed by atoms with Gasteiger partial charge in [-0.15, -0.1) is 11.3 Å². The van der Waals surface area contributed by atoms with E-state index < -0.39 is 10.8 Å². The van der Waals surface area contributed by atoms with Crippen molar-refractivity contribution in [3.63, 3.8) is 0 Å². The lowest BCUT2D eigenvalue weighted by Crippen LogP contribution is -2.27. The van der Waals surface area contributed by atoms with Gasteiger partial charge in [0, 0.05) is 39.9 Å². The third-order valence-electron chi connectivity index (χ3n) is 2.88. The van der Waals surface area contributed by atoms with Crippen molar-refractivity contribution < 1.29 is 9.00 Å². The van der Waals surface area contributed by atoms with Crippen LogP contribution in [-0.2, 0) is 10.8 Å². The summed E-state index contributed by atoms with van der Waals surface area (Å²) < 4.78 is 11.3. The zero-order chi connectivity index (χ0) is 14.7. The van der Waals surface area contributed by atoms with Crippen LogP contribution in [-0.4, -0.2) is 33.2 Å². The first-order chi connectivity index (χ1) is 9.52. The van der Waals surface area contributed by atoms with E-state index in [1.165, 1.54) is 11.3 Å². The van der Waals surface area contributed by atoms with Gasteiger partial charge in [-0.3, -0.25) is 9.00 Å². The van der Waals surface area contributed by atoms with Crippen molar-refractivity contribution in [2.24, 2.45) is 0 Å². The molecule has 20 heavy (non-hydrogen) atoms. The Morgan fingerprint density at radius 1 is 1.50 bits per heavy atom. The molecule has 1 amide bonds. The number of aromatic nitrogens is 1. The lowest BCUT2D eigenvalue weighted by molar-refractivity contribution is 0.0961. The van der Waals surface area contributed by atoms with Crippen LogP contribution in [0.2, 0.25) is 0 Å². The quantitative estimate of drug-likeness (QED) is 0.880. The van der Waals surface area contributed by atoms with Crippen molar-refractivity contribution in [1.29, 1.82) is 0 Å². The van der Waals surface area contributed by atoms with Gasteiger partial charge in [-0.2, -0.15) is 0 Å². The highest BCUT2D eigenvalue weighted by Crippen LogP contribution is 2.32. The van der Waals surface area contributed by atoms with Gasteiger partial charge >= 0.3 is 0 Å². The molecule has 1 atom stereocenters. The first kappa shape index (κ1) is 14.9. The Hall–Kier alpha value is -1.47. The summed E-state index contributed by atoms with van der Waals surface area (Å²) in [7, 11) is -0.878. The smallest absolute Gasteiger partial charge is 0.263 e. The third-order valence-corrected chi connectivity index (χ3v) is 5.29. The molecule has 0 aliphatic rings. The second-order valence-corrected chi connectivity index (χ2v) is 7.20. The number of pyridine rings is 1. The number of rotatable bonds is 5. The van der Waals surface area contributed by atoms with Crippen LogP contribution in [0.25, 0.3) is 10.2 Å². The minimum atomic E-state index is -0.878. The van der Waals surface area contributed by atoms with Crippen molar-refractivity contribution in [2.75, 3.05) is 23.8 Å². The molecule has 108 valence electrons. The fraction of sp³-hybridized carbons (Fsp3) is 0.385. The van der Waals surface area contributed by atoms with Gasteiger partial charge in [-0.25, -0.2) is 4.98 Å². The number of nitrogens with zero attached hydrogens (tertiary/aromatic N) is 1. The molecule has 3 N–H and O–H groups in total. The maximum absolute atomic E-state index is 12.1. The Morgan fingerprint density at radius 2 is 2.25 bits per heavy atom. The van der Waals surface area contributed by atoms with Crippen LogP contribution in [0.1, 0.15) is 22.3 Å². The first-order valence-corrected chi connectivity index (χ1v) is 8.62. The number of carbonyl (C=O) groups is 1. The van der Waals surface area contributed by atoms with Gasteiger partial charge in [0.2, 0.25) is 0 Å². The molecule has 0 spiro atoms. The average molecular weight is 311 g/mol. The van der Waals surface area contributed by atoms with E-state index in [0.29, 0.717) is 28.6 Å². The minimum Gasteiger partial charge on any atom is -0.397 e. The van der Waals surface area contributed by atoms with Crippen molar-refractivity contribution >= 4 is 43.9 Å². The number of thiophene rings is 1. The topological polar surface area (TPSA) is 85.1 Å². The highest BCUT2D eigenvalue weighted by Gasteiger charge is 2.16. The van der Waals surface area contributed by atoms with Crippen LogP contribution in [0.3, 0.4) is 0 Å². The van der Waals surface area contributed by atoms with E-state index >= 15 is 0 Å². The summed E-state index contributed by atoms with van der Waals surface area (Å²) in [6, 6.07) is 3.75. The molecule has 7 heteroatoms. The number of carbonyl (C=O) groups excluding carboxylic acids is 1. The van der Waals surface area contributed by atoms with Crippen LogP contribution in [0.15, 0.2) is 12.1 Å². The molecule has 2 aromatic rings. The number of nitrogens with one attached hydrogen (secondary N) is 1. The van der Waals surface area contributed by atoms with Gasteiger partial charge in [-0.05, 0) is 19.1 Å². The number of anilines is 1. The lowest BCUT2D eigenvalue weighted by Gasteiger charge is -2.03. The Bertz CT molecular complexity index is 667. The molecule has 0 aliphatic heterocycles. The lowest BCUT2D eigenvalue weighted by atomic mass is 10.2. The Labute approximate surface area is 124 Å². The molecule has 0 fully saturated rings. The van der Waals surface area contributed by atoms with Crippen molar-refractivity contribution in [3.05, 3.63) is 22.7 Å². The molecule has 1 unspecified atom stereocenters. The summed E-state index contributed by atoms with van der Waals surface area (Å²) in [5.74, 6) is 0.838. The molecular weight excluding hydrogens is 294 g/mol. The SMILES string of the molecule is CCS(=O)CCNC(=O)c1sc2nc(C)ccc2c1N. The Balaban J connectivity index is 2.14. The molecule has 0 saturated carbocycles. The van der Waals surface area contributed by atoms with Crippen LogP contribution < -0.4 is 11.1 Å². The van der Waals surface area contributed by atoms with Gasteiger partial charge < -0.3 is 11.1 Å². The third kappa shape index (κ3) is 3.16. The second kappa shape index (κ2) is 6.32. The number of aryl methyl sites for hydroxylation is 1. The van der Waals surface area contributed by atoms with E-state index in [0.717, 1.165) is 15.9 Å². The monoisotopic (exact) mass is 311 g/mol. The molecule has 0 radical (unpaired) electrons. The summed E-state index contributed by atoms with van der Waals surface area (Å²) in [6.45, 7) is 4.14. The van der Waals surface area contributed by atoms with Gasteiger partial charge in [-0.1, -0.05) is 6.92 Å². The number of amides is 1. The maximum Gasteiger partial charge on any atom is 0.263 e. The zero-order valence-electron chi connectivity index (χ0n) is 11.4. The van der Waals surface area contributed by atoms with E-state index in [2.05, 4.69) is 10.3 Å². The summed E-state index contributed by atoms with van der Waals surface area (Å²) >= 11 is 1.29. The van der Waals surface area contributed by atoms with Gasteiger partial charge in [0.15, 0.2) is 0 Å². The number of nitrogens with two attached hydrogens (primary N) is 1. The fourth-order valence-corrected chi connectivity index (χ4v) is 3.44. The predicted molar refractivity (Wildman–Crippen MR) is 84.7 cm³/mol. The molecule has 0 aliphatic carbocycles.